The van der Waals surface area contributed by atoms with Crippen LogP contribution in [0.2, 0.25) is 0 Å². The summed E-state index contributed by atoms with van der Waals surface area (Å²) >= 11 is 0. The van der Waals surface area contributed by atoms with Crippen LogP contribution in [0.3, 0.4) is 0 Å². The molecule has 0 saturated heterocycles. The molecule has 116 valence electrons. The second-order valence-corrected chi connectivity index (χ2v) is 5.17. The molecule has 1 aliphatic rings. The molecule has 0 unspecified atom stereocenters. The normalized spacial score (nSPS) is 13.8. The summed E-state index contributed by atoms with van der Waals surface area (Å²) in [5.41, 5.74) is 2.27. The van der Waals surface area contributed by atoms with Crippen LogP contribution in [0.25, 0.3) is 0 Å². The molecule has 0 aromatic heterocycles. The van der Waals surface area contributed by atoms with Crippen molar-refractivity contribution in [3.8, 4) is 23.0 Å². The van der Waals surface area contributed by atoms with Crippen molar-refractivity contribution < 1.29 is 18.9 Å². The molecule has 0 amide bonds. The monoisotopic (exact) mass is 300 g/mol. The third-order valence-electron chi connectivity index (χ3n) is 3.88. The lowest BCUT2D eigenvalue weighted by Gasteiger charge is -2.17. The zero-order valence-corrected chi connectivity index (χ0v) is 13.1. The lowest BCUT2D eigenvalue weighted by atomic mass is 9.92. The van der Waals surface area contributed by atoms with Crippen LogP contribution in [-0.4, -0.2) is 20.5 Å². The Morgan fingerprint density at radius 2 is 1.77 bits per heavy atom. The summed E-state index contributed by atoms with van der Waals surface area (Å²) in [4.78, 5) is 0. The Bertz CT molecular complexity index is 649. The van der Waals surface area contributed by atoms with E-state index >= 15 is 0 Å². The number of rotatable bonds is 5. The molecule has 0 N–H and O–H groups in total. The molecule has 0 fully saturated rings. The maximum atomic E-state index is 5.52. The van der Waals surface area contributed by atoms with Gasteiger partial charge in [-0.3, -0.25) is 0 Å². The standard InChI is InChI=1S/C18H20O4/c1-4-20-14-7-5-13(6-8-14)12(2)15-9-17-18(22-11-21-17)10-16(15)19-3/h5-10,12H,4,11H2,1-3H3/t12-/m0/s1. The van der Waals surface area contributed by atoms with Crippen LogP contribution in [0.5, 0.6) is 23.0 Å². The molecule has 4 nitrogen and oxygen atoms in total. The highest BCUT2D eigenvalue weighted by atomic mass is 16.7. The number of ether oxygens (including phenoxy) is 4. The molecule has 0 radical (unpaired) electrons. The van der Waals surface area contributed by atoms with Crippen LogP contribution < -0.4 is 18.9 Å². The third-order valence-corrected chi connectivity index (χ3v) is 3.88. The van der Waals surface area contributed by atoms with Gasteiger partial charge in [0, 0.05) is 17.5 Å². The van der Waals surface area contributed by atoms with E-state index in [9.17, 15) is 0 Å². The zero-order valence-electron chi connectivity index (χ0n) is 13.1. The predicted octanol–water partition coefficient (Wildman–Crippen LogP) is 3.97. The van der Waals surface area contributed by atoms with Gasteiger partial charge in [0.25, 0.3) is 0 Å². The summed E-state index contributed by atoms with van der Waals surface area (Å²) in [6, 6.07) is 12.0. The highest BCUT2D eigenvalue weighted by molar-refractivity contribution is 5.54. The predicted molar refractivity (Wildman–Crippen MR) is 84.2 cm³/mol. The molecule has 0 saturated carbocycles. The Morgan fingerprint density at radius 1 is 1.09 bits per heavy atom. The fraction of sp³-hybridized carbons (Fsp3) is 0.333. The molecule has 2 aromatic rings. The quantitative estimate of drug-likeness (QED) is 0.837. The number of methoxy groups -OCH3 is 1. The van der Waals surface area contributed by atoms with Crippen LogP contribution in [-0.2, 0) is 0 Å². The molecule has 0 bridgehead atoms. The van der Waals surface area contributed by atoms with Gasteiger partial charge in [-0.25, -0.2) is 0 Å². The fourth-order valence-electron chi connectivity index (χ4n) is 2.65. The van der Waals surface area contributed by atoms with Crippen molar-refractivity contribution >= 4 is 0 Å². The van der Waals surface area contributed by atoms with Crippen molar-refractivity contribution in [1.82, 2.24) is 0 Å². The first kappa shape index (κ1) is 14.6. The van der Waals surface area contributed by atoms with Crippen LogP contribution in [0.15, 0.2) is 36.4 Å². The first-order valence-electron chi connectivity index (χ1n) is 7.43. The van der Waals surface area contributed by atoms with E-state index in [4.69, 9.17) is 18.9 Å². The molecule has 3 rings (SSSR count). The smallest absolute Gasteiger partial charge is 0.231 e. The zero-order chi connectivity index (χ0) is 15.5. The van der Waals surface area contributed by atoms with E-state index in [0.29, 0.717) is 6.61 Å². The second-order valence-electron chi connectivity index (χ2n) is 5.17. The van der Waals surface area contributed by atoms with Crippen molar-refractivity contribution in [2.45, 2.75) is 19.8 Å². The molecular formula is C18H20O4. The van der Waals surface area contributed by atoms with Gasteiger partial charge in [-0.2, -0.15) is 0 Å². The highest BCUT2D eigenvalue weighted by Crippen LogP contribution is 2.42. The SMILES string of the molecule is CCOc1ccc([C@H](C)c2cc3c(cc2OC)OCO3)cc1. The lowest BCUT2D eigenvalue weighted by Crippen LogP contribution is -2.00. The van der Waals surface area contributed by atoms with E-state index in [-0.39, 0.29) is 12.7 Å². The van der Waals surface area contributed by atoms with Gasteiger partial charge in [-0.05, 0) is 30.7 Å². The molecule has 4 heteroatoms. The molecule has 0 spiro atoms. The van der Waals surface area contributed by atoms with Gasteiger partial charge < -0.3 is 18.9 Å². The Morgan fingerprint density at radius 3 is 2.41 bits per heavy atom. The van der Waals surface area contributed by atoms with Gasteiger partial charge >= 0.3 is 0 Å². The van der Waals surface area contributed by atoms with E-state index in [1.165, 1.54) is 5.56 Å². The van der Waals surface area contributed by atoms with E-state index in [1.807, 2.05) is 31.2 Å². The molecule has 22 heavy (non-hydrogen) atoms. The Hall–Kier alpha value is -2.36. The van der Waals surface area contributed by atoms with Gasteiger partial charge in [0.05, 0.1) is 13.7 Å². The largest absolute Gasteiger partial charge is 0.496 e. The summed E-state index contributed by atoms with van der Waals surface area (Å²) in [7, 11) is 1.67. The van der Waals surface area contributed by atoms with Gasteiger partial charge in [-0.1, -0.05) is 19.1 Å². The topological polar surface area (TPSA) is 36.9 Å². The minimum atomic E-state index is 0.181. The van der Waals surface area contributed by atoms with Crippen LogP contribution in [0, 0.1) is 0 Å². The van der Waals surface area contributed by atoms with E-state index in [0.717, 1.165) is 28.6 Å². The first-order valence-corrected chi connectivity index (χ1v) is 7.43. The van der Waals surface area contributed by atoms with Crippen LogP contribution >= 0.6 is 0 Å². The minimum Gasteiger partial charge on any atom is -0.496 e. The second kappa shape index (κ2) is 6.18. The molecule has 1 atom stereocenters. The van der Waals surface area contributed by atoms with Crippen molar-refractivity contribution in [2.75, 3.05) is 20.5 Å². The Kier molecular flexibility index (Phi) is 4.09. The third kappa shape index (κ3) is 2.69. The lowest BCUT2D eigenvalue weighted by molar-refractivity contribution is 0.174. The summed E-state index contributed by atoms with van der Waals surface area (Å²) < 4.78 is 21.9. The number of benzene rings is 2. The summed E-state index contributed by atoms with van der Waals surface area (Å²) in [5.74, 6) is 3.38. The van der Waals surface area contributed by atoms with Crippen molar-refractivity contribution in [3.63, 3.8) is 0 Å². The number of fused-ring (bicyclic) bond motifs is 1. The van der Waals surface area contributed by atoms with E-state index < -0.39 is 0 Å². The van der Waals surface area contributed by atoms with E-state index in [2.05, 4.69) is 19.1 Å². The Labute approximate surface area is 130 Å². The number of hydrogen-bond acceptors (Lipinski definition) is 4. The average molecular weight is 300 g/mol. The number of hydrogen-bond donors (Lipinski definition) is 0. The molecule has 0 aliphatic carbocycles. The van der Waals surface area contributed by atoms with Crippen LogP contribution in [0.4, 0.5) is 0 Å². The van der Waals surface area contributed by atoms with Gasteiger partial charge in [-0.15, -0.1) is 0 Å². The van der Waals surface area contributed by atoms with E-state index in [1.54, 1.807) is 7.11 Å². The van der Waals surface area contributed by atoms with Crippen molar-refractivity contribution in [1.29, 1.82) is 0 Å². The fourth-order valence-corrected chi connectivity index (χ4v) is 2.65. The van der Waals surface area contributed by atoms with Gasteiger partial charge in [0.1, 0.15) is 11.5 Å². The molecular weight excluding hydrogens is 280 g/mol. The summed E-state index contributed by atoms with van der Waals surface area (Å²) in [5, 5.41) is 0. The first-order chi connectivity index (χ1) is 10.7. The summed E-state index contributed by atoms with van der Waals surface area (Å²) in [6.07, 6.45) is 0. The van der Waals surface area contributed by atoms with Crippen LogP contribution in [0.1, 0.15) is 30.9 Å². The van der Waals surface area contributed by atoms with Crippen molar-refractivity contribution in [3.05, 3.63) is 47.5 Å². The summed E-state index contributed by atoms with van der Waals surface area (Å²) in [6.45, 7) is 5.06. The van der Waals surface area contributed by atoms with Crippen molar-refractivity contribution in [2.24, 2.45) is 0 Å². The van der Waals surface area contributed by atoms with Gasteiger partial charge in [0.15, 0.2) is 11.5 Å². The maximum Gasteiger partial charge on any atom is 0.231 e. The average Bonchev–Trinajstić information content (AvgIpc) is 3.01. The molecule has 1 aliphatic heterocycles. The van der Waals surface area contributed by atoms with Gasteiger partial charge in [0.2, 0.25) is 6.79 Å². The highest BCUT2D eigenvalue weighted by Gasteiger charge is 2.21. The minimum absolute atomic E-state index is 0.181. The molecule has 1 heterocycles. The maximum absolute atomic E-state index is 5.52. The Balaban J connectivity index is 1.92. The molecule has 2 aromatic carbocycles.